The molecule has 56 heavy (non-hydrogen) atoms. The molecule has 0 aliphatic heterocycles. The maximum atomic E-state index is 12.5. The molecule has 0 bridgehead atoms. The number of rotatable bonds is 22. The minimum atomic E-state index is -3.47. The summed E-state index contributed by atoms with van der Waals surface area (Å²) in [6.07, 6.45) is 7.91. The summed E-state index contributed by atoms with van der Waals surface area (Å²) in [4.78, 5) is 56.4. The van der Waals surface area contributed by atoms with E-state index in [0.29, 0.717) is 61.3 Å². The fraction of sp³-hybridized carbons (Fsp3) is 0.514. The molecule has 0 aliphatic carbocycles. The van der Waals surface area contributed by atoms with Gasteiger partial charge in [0.1, 0.15) is 18.9 Å². The van der Waals surface area contributed by atoms with Gasteiger partial charge in [0, 0.05) is 55.9 Å². The number of amides is 4. The summed E-state index contributed by atoms with van der Waals surface area (Å²) in [5.41, 5.74) is 1.21. The summed E-state index contributed by atoms with van der Waals surface area (Å²) < 4.78 is 35.9. The summed E-state index contributed by atoms with van der Waals surface area (Å²) in [7, 11) is -3.47. The largest absolute Gasteiger partial charge is 0.392 e. The van der Waals surface area contributed by atoms with Gasteiger partial charge in [0.05, 0.1) is 37.1 Å². The number of nitrogens with one attached hydrogen (secondary N) is 4. The van der Waals surface area contributed by atoms with Crippen molar-refractivity contribution in [1.82, 2.24) is 40.9 Å². The zero-order valence-electron chi connectivity index (χ0n) is 32.4. The van der Waals surface area contributed by atoms with Gasteiger partial charge in [0.25, 0.3) is 0 Å². The second-order valence-corrected chi connectivity index (χ2v) is 16.1. The van der Waals surface area contributed by atoms with Crippen LogP contribution < -0.4 is 21.3 Å². The third-order valence-electron chi connectivity index (χ3n) is 7.92. The number of aliphatic hydroxyl groups is 1. The van der Waals surface area contributed by atoms with E-state index in [0.717, 1.165) is 6.26 Å². The highest BCUT2D eigenvalue weighted by Crippen LogP contribution is 2.18. The molecule has 0 fully saturated rings. The second-order valence-electron chi connectivity index (χ2n) is 14.1. The Hall–Kier alpha value is -5.29. The average Bonchev–Trinajstić information content (AvgIpc) is 3.60. The molecular weight excluding hydrogens is 747 g/mol. The van der Waals surface area contributed by atoms with Gasteiger partial charge in [-0.2, -0.15) is 0 Å². The van der Waals surface area contributed by atoms with Crippen LogP contribution in [0.3, 0.4) is 0 Å². The van der Waals surface area contributed by atoms with Gasteiger partial charge >= 0.3 is 0 Å². The number of aromatic nitrogens is 5. The molecule has 2 heterocycles. The Morgan fingerprint density at radius 3 is 2.30 bits per heavy atom. The zero-order chi connectivity index (χ0) is 41.2. The van der Waals surface area contributed by atoms with E-state index in [2.05, 4.69) is 53.4 Å². The number of carbonyl (C=O) groups excluding carboxylic acids is 4. The molecule has 0 spiro atoms. The number of hydrogen-bond acceptors (Lipinski definition) is 13. The molecule has 5 N–H and O–H groups in total. The normalized spacial score (nSPS) is 11.6. The van der Waals surface area contributed by atoms with Crippen LogP contribution in [-0.2, 0) is 58.2 Å². The minimum Gasteiger partial charge on any atom is -0.392 e. The molecule has 0 saturated carbocycles. The highest BCUT2D eigenvalue weighted by atomic mass is 32.2. The number of hydrogen-bond donors (Lipinski definition) is 5. The Bertz CT molecular complexity index is 1940. The van der Waals surface area contributed by atoms with Gasteiger partial charge in [0.2, 0.25) is 38.6 Å². The predicted octanol–water partition coefficient (Wildman–Crippen LogP) is 1.04. The molecule has 0 radical (unpaired) electrons. The topological polar surface area (TPSA) is 246 Å². The minimum absolute atomic E-state index is 0.104. The Labute approximate surface area is 326 Å². The summed E-state index contributed by atoms with van der Waals surface area (Å²) in [5, 5.41) is 27.9. The highest BCUT2D eigenvalue weighted by molar-refractivity contribution is 7.90. The van der Waals surface area contributed by atoms with Crippen molar-refractivity contribution in [3.05, 3.63) is 59.7 Å². The second kappa shape index (κ2) is 21.7. The lowest BCUT2D eigenvalue weighted by molar-refractivity contribution is -0.133. The van der Waals surface area contributed by atoms with Gasteiger partial charge in [-0.25, -0.2) is 18.4 Å². The molecule has 4 amide bonds. The highest BCUT2D eigenvalue weighted by Gasteiger charge is 2.24. The molecule has 0 unspecified atom stereocenters. The standard InChI is InChI=1S/C37H51N9O9S/c1-36(2,43-34(51)26-54-25-33(50)39-22-32(49)42-29-13-11-27(24-47)12-14-29)16-18-55-37(3,4)15-17-46-23-30(44-45-46)21-38-31(48)10-8-6-7-9-28-19-40-35(41-20-28)56(5,52)53/h11-14,19-20,23,47H,6,8,10,15-18,21-22,24-26H2,1-5H3,(H,38,48)(H,39,50)(H,42,49)(H,43,51). The predicted molar refractivity (Wildman–Crippen MR) is 204 cm³/mol. The molecule has 3 rings (SSSR count). The van der Waals surface area contributed by atoms with Crippen molar-refractivity contribution >= 4 is 39.2 Å². The van der Waals surface area contributed by atoms with Crippen molar-refractivity contribution in [1.29, 1.82) is 0 Å². The lowest BCUT2D eigenvalue weighted by Gasteiger charge is -2.30. The molecule has 304 valence electrons. The lowest BCUT2D eigenvalue weighted by atomic mass is 10.0. The van der Waals surface area contributed by atoms with Crippen LogP contribution in [0.4, 0.5) is 5.69 Å². The number of nitrogens with zero attached hydrogens (tertiary/aromatic N) is 5. The third-order valence-corrected chi connectivity index (χ3v) is 8.80. The van der Waals surface area contributed by atoms with Gasteiger partial charge in [-0.15, -0.1) is 5.10 Å². The van der Waals surface area contributed by atoms with Gasteiger partial charge in [-0.1, -0.05) is 29.2 Å². The zero-order valence-corrected chi connectivity index (χ0v) is 33.2. The summed E-state index contributed by atoms with van der Waals surface area (Å²) in [5.74, 6) is 4.25. The fourth-order valence-corrected chi connectivity index (χ4v) is 5.25. The van der Waals surface area contributed by atoms with Crippen molar-refractivity contribution in [2.45, 2.75) is 95.8 Å². The molecule has 18 nitrogen and oxygen atoms in total. The molecular formula is C37H51N9O9S. The van der Waals surface area contributed by atoms with E-state index in [4.69, 9.17) is 14.6 Å². The van der Waals surface area contributed by atoms with E-state index in [1.807, 2.05) is 27.7 Å². The quantitative estimate of drug-likeness (QED) is 0.0543. The number of aliphatic hydroxyl groups excluding tert-OH is 1. The first-order valence-electron chi connectivity index (χ1n) is 17.9. The number of carbonyl (C=O) groups is 4. The Kier molecular flexibility index (Phi) is 17.5. The van der Waals surface area contributed by atoms with E-state index in [9.17, 15) is 27.6 Å². The van der Waals surface area contributed by atoms with Gasteiger partial charge in [-0.3, -0.25) is 23.9 Å². The number of unbranched alkanes of at least 4 members (excludes halogenated alkanes) is 1. The van der Waals surface area contributed by atoms with E-state index in [1.165, 1.54) is 12.4 Å². The third kappa shape index (κ3) is 17.9. The Morgan fingerprint density at radius 1 is 0.929 bits per heavy atom. The van der Waals surface area contributed by atoms with Crippen molar-refractivity contribution in [3.63, 3.8) is 0 Å². The first-order valence-corrected chi connectivity index (χ1v) is 19.8. The van der Waals surface area contributed by atoms with Crippen LogP contribution in [0.25, 0.3) is 0 Å². The lowest BCUT2D eigenvalue weighted by Crippen LogP contribution is -2.46. The Morgan fingerprint density at radius 2 is 1.62 bits per heavy atom. The maximum absolute atomic E-state index is 12.5. The van der Waals surface area contributed by atoms with E-state index in [1.54, 1.807) is 35.1 Å². The number of anilines is 1. The monoisotopic (exact) mass is 797 g/mol. The maximum Gasteiger partial charge on any atom is 0.246 e. The fourth-order valence-electron chi connectivity index (χ4n) is 4.76. The van der Waals surface area contributed by atoms with Crippen molar-refractivity contribution in [3.8, 4) is 11.8 Å². The molecule has 0 atom stereocenters. The van der Waals surface area contributed by atoms with E-state index < -0.39 is 45.3 Å². The van der Waals surface area contributed by atoms with Crippen LogP contribution in [0.15, 0.2) is 48.0 Å². The van der Waals surface area contributed by atoms with E-state index in [-0.39, 0.29) is 43.8 Å². The molecule has 0 saturated heterocycles. The smallest absolute Gasteiger partial charge is 0.246 e. The van der Waals surface area contributed by atoms with Crippen molar-refractivity contribution in [2.24, 2.45) is 0 Å². The van der Waals surface area contributed by atoms with Crippen LogP contribution in [0.2, 0.25) is 0 Å². The molecule has 3 aromatic rings. The van der Waals surface area contributed by atoms with Crippen molar-refractivity contribution in [2.75, 3.05) is 37.9 Å². The number of sulfone groups is 1. The number of aryl methyl sites for hydroxylation is 1. The van der Waals surface area contributed by atoms with Gasteiger partial charge in [0.15, 0.2) is 0 Å². The van der Waals surface area contributed by atoms with Crippen LogP contribution in [0, 0.1) is 11.8 Å². The van der Waals surface area contributed by atoms with Crippen LogP contribution in [-0.4, -0.2) is 106 Å². The average molecular weight is 798 g/mol. The van der Waals surface area contributed by atoms with E-state index >= 15 is 0 Å². The number of benzene rings is 1. The summed E-state index contributed by atoms with van der Waals surface area (Å²) >= 11 is 0. The number of ether oxygens (including phenoxy) is 2. The first kappa shape index (κ1) is 45.1. The van der Waals surface area contributed by atoms with Gasteiger partial charge < -0.3 is 35.8 Å². The summed E-state index contributed by atoms with van der Waals surface area (Å²) in [6.45, 7) is 7.66. The van der Waals surface area contributed by atoms with Gasteiger partial charge in [-0.05, 0) is 64.7 Å². The van der Waals surface area contributed by atoms with Crippen molar-refractivity contribution < 1.29 is 42.2 Å². The molecule has 0 aliphatic rings. The first-order chi connectivity index (χ1) is 26.4. The van der Waals surface area contributed by atoms with Crippen LogP contribution in [0.5, 0.6) is 0 Å². The molecule has 1 aromatic carbocycles. The van der Waals surface area contributed by atoms with Crippen LogP contribution in [0.1, 0.15) is 76.6 Å². The van der Waals surface area contributed by atoms with Crippen LogP contribution >= 0.6 is 0 Å². The molecule has 19 heteroatoms. The Balaban J connectivity index is 1.24. The summed E-state index contributed by atoms with van der Waals surface area (Å²) in [6, 6.07) is 6.63. The SMILES string of the molecule is CC(C)(CCOC(C)(C)CCn1cc(CNC(=O)CCCC#Cc2cnc(S(C)(=O)=O)nc2)nn1)NC(=O)COCC(=O)NCC(=O)Nc1ccc(CO)cc1. The molecule has 2 aromatic heterocycles.